The van der Waals surface area contributed by atoms with Crippen LogP contribution >= 0.6 is 0 Å². The van der Waals surface area contributed by atoms with E-state index in [0.29, 0.717) is 0 Å². The Hall–Kier alpha value is -2.34. The van der Waals surface area contributed by atoms with Crippen LogP contribution in [-0.4, -0.2) is 23.7 Å². The van der Waals surface area contributed by atoms with E-state index >= 15 is 0 Å². The Morgan fingerprint density at radius 2 is 2.31 bits per heavy atom. The van der Waals surface area contributed by atoms with Gasteiger partial charge in [0.2, 0.25) is 0 Å². The van der Waals surface area contributed by atoms with E-state index in [4.69, 9.17) is 10.5 Å². The number of aromatic amines is 1. The fourth-order valence-corrected chi connectivity index (χ4v) is 0.718. The lowest BCUT2D eigenvalue weighted by atomic mass is 10.3. The van der Waals surface area contributed by atoms with Crippen LogP contribution in [0, 0.1) is 22.7 Å². The van der Waals surface area contributed by atoms with Crippen molar-refractivity contribution >= 4 is 12.2 Å². The summed E-state index contributed by atoms with van der Waals surface area (Å²) in [6, 6.07) is 3.58. The second-order valence-electron chi connectivity index (χ2n) is 1.99. The van der Waals surface area contributed by atoms with Gasteiger partial charge in [0.15, 0.2) is 17.9 Å². The highest BCUT2D eigenvalue weighted by Crippen LogP contribution is 2.16. The molecular weight excluding hydrogens is 170 g/mol. The van der Waals surface area contributed by atoms with Crippen molar-refractivity contribution in [3.05, 3.63) is 11.3 Å². The topological polar surface area (TPSA) is 97.8 Å². The predicted molar refractivity (Wildman–Crippen MR) is 43.2 cm³/mol. The molecule has 13 heavy (non-hydrogen) atoms. The first-order valence-electron chi connectivity index (χ1n) is 3.27. The van der Waals surface area contributed by atoms with Crippen molar-refractivity contribution < 1.29 is 4.74 Å². The molecule has 0 saturated carbocycles. The van der Waals surface area contributed by atoms with Crippen LogP contribution in [0.1, 0.15) is 11.3 Å². The third-order valence-electron chi connectivity index (χ3n) is 1.25. The molecule has 6 nitrogen and oxygen atoms in total. The van der Waals surface area contributed by atoms with Crippen molar-refractivity contribution in [1.29, 1.82) is 10.5 Å². The van der Waals surface area contributed by atoms with Gasteiger partial charge < -0.3 is 4.74 Å². The second-order valence-corrected chi connectivity index (χ2v) is 1.99. The van der Waals surface area contributed by atoms with Gasteiger partial charge in [0.1, 0.15) is 17.7 Å². The number of rotatable bonds is 2. The average molecular weight is 175 g/mol. The van der Waals surface area contributed by atoms with Crippen LogP contribution in [0.4, 0.5) is 5.82 Å². The van der Waals surface area contributed by atoms with Crippen LogP contribution in [-0.2, 0) is 4.74 Å². The summed E-state index contributed by atoms with van der Waals surface area (Å²) in [5.74, 6) is 0.223. The molecule has 0 aliphatic heterocycles. The molecule has 1 aromatic heterocycles. The van der Waals surface area contributed by atoms with Crippen LogP contribution in [0.5, 0.6) is 0 Å². The van der Waals surface area contributed by atoms with Gasteiger partial charge in [-0.05, 0) is 0 Å². The number of methoxy groups -OCH3 is 1. The van der Waals surface area contributed by atoms with Crippen molar-refractivity contribution in [3.63, 3.8) is 0 Å². The molecule has 0 fully saturated rings. The highest BCUT2D eigenvalue weighted by atomic mass is 16.5. The average Bonchev–Trinajstić information content (AvgIpc) is 2.56. The molecule has 0 aliphatic carbocycles. The molecule has 1 heterocycles. The zero-order valence-corrected chi connectivity index (χ0v) is 6.77. The molecule has 0 atom stereocenters. The third kappa shape index (κ3) is 1.63. The minimum absolute atomic E-state index is 0.0331. The van der Waals surface area contributed by atoms with Gasteiger partial charge in [-0.25, -0.2) is 4.99 Å². The predicted octanol–water partition coefficient (Wildman–Crippen LogP) is 0.459. The molecule has 0 aromatic carbocycles. The van der Waals surface area contributed by atoms with E-state index in [1.165, 1.54) is 7.11 Å². The lowest BCUT2D eigenvalue weighted by Crippen LogP contribution is -1.78. The van der Waals surface area contributed by atoms with Gasteiger partial charge in [0.05, 0.1) is 7.11 Å². The molecule has 64 valence electrons. The molecule has 0 saturated heterocycles. The lowest BCUT2D eigenvalue weighted by Gasteiger charge is -1.86. The van der Waals surface area contributed by atoms with E-state index < -0.39 is 0 Å². The minimum atomic E-state index is 0.0331. The SMILES string of the molecule is COC=Nc1[nH]nc(C#N)c1C#N. The molecular formula is C7H5N5O. The number of hydrogen-bond donors (Lipinski definition) is 1. The summed E-state index contributed by atoms with van der Waals surface area (Å²) in [5.41, 5.74) is 0.154. The van der Waals surface area contributed by atoms with Crippen LogP contribution in [0.25, 0.3) is 0 Å². The highest BCUT2D eigenvalue weighted by Gasteiger charge is 2.10. The largest absolute Gasteiger partial charge is 0.486 e. The quantitative estimate of drug-likeness (QED) is 0.521. The second kappa shape index (κ2) is 3.88. The first kappa shape index (κ1) is 8.75. The maximum Gasteiger partial charge on any atom is 0.182 e. The van der Waals surface area contributed by atoms with E-state index in [-0.39, 0.29) is 17.1 Å². The molecule has 1 rings (SSSR count). The molecule has 1 aromatic rings. The summed E-state index contributed by atoms with van der Waals surface area (Å²) in [5, 5.41) is 23.2. The number of ether oxygens (including phenoxy) is 1. The number of aromatic nitrogens is 2. The summed E-state index contributed by atoms with van der Waals surface area (Å²) in [6.45, 7) is 0. The van der Waals surface area contributed by atoms with E-state index in [0.717, 1.165) is 6.40 Å². The molecule has 6 heteroatoms. The molecule has 1 N–H and O–H groups in total. The molecule has 0 bridgehead atoms. The monoisotopic (exact) mass is 175 g/mol. The Bertz CT molecular complexity index is 405. The number of hydrogen-bond acceptors (Lipinski definition) is 5. The fourth-order valence-electron chi connectivity index (χ4n) is 0.718. The van der Waals surface area contributed by atoms with Gasteiger partial charge >= 0.3 is 0 Å². The number of aliphatic imine (C=N–C) groups is 1. The molecule has 0 aliphatic rings. The van der Waals surface area contributed by atoms with Crippen LogP contribution in [0.15, 0.2) is 4.99 Å². The van der Waals surface area contributed by atoms with Crippen LogP contribution in [0.3, 0.4) is 0 Å². The first-order valence-corrected chi connectivity index (χ1v) is 3.27. The summed E-state index contributed by atoms with van der Waals surface area (Å²) in [4.78, 5) is 3.73. The zero-order valence-electron chi connectivity index (χ0n) is 6.77. The van der Waals surface area contributed by atoms with Crippen molar-refractivity contribution in [3.8, 4) is 12.1 Å². The zero-order chi connectivity index (χ0) is 9.68. The van der Waals surface area contributed by atoms with Crippen molar-refractivity contribution in [2.75, 3.05) is 7.11 Å². The third-order valence-corrected chi connectivity index (χ3v) is 1.25. The summed E-state index contributed by atoms with van der Waals surface area (Å²) in [6.07, 6.45) is 1.15. The van der Waals surface area contributed by atoms with E-state index in [9.17, 15) is 0 Å². The Labute approximate surface area is 74.1 Å². The number of nitrogens with one attached hydrogen (secondary N) is 1. The Morgan fingerprint density at radius 1 is 1.54 bits per heavy atom. The standard InChI is InChI=1S/C7H5N5O/c1-13-4-10-7-5(2-8)6(3-9)11-12-7/h4H,1H3,(H,11,12). The van der Waals surface area contributed by atoms with Crippen molar-refractivity contribution in [1.82, 2.24) is 10.2 Å². The fraction of sp³-hybridized carbons (Fsp3) is 0.143. The number of nitrogens with zero attached hydrogens (tertiary/aromatic N) is 4. The summed E-state index contributed by atoms with van der Waals surface area (Å²) < 4.78 is 4.56. The summed E-state index contributed by atoms with van der Waals surface area (Å²) >= 11 is 0. The van der Waals surface area contributed by atoms with Gasteiger partial charge in [-0.3, -0.25) is 5.10 Å². The Morgan fingerprint density at radius 3 is 2.85 bits per heavy atom. The van der Waals surface area contributed by atoms with Gasteiger partial charge in [-0.2, -0.15) is 15.6 Å². The van der Waals surface area contributed by atoms with E-state index in [2.05, 4.69) is 19.9 Å². The minimum Gasteiger partial charge on any atom is -0.486 e. The van der Waals surface area contributed by atoms with Gasteiger partial charge in [-0.1, -0.05) is 0 Å². The summed E-state index contributed by atoms with van der Waals surface area (Å²) in [7, 11) is 1.43. The lowest BCUT2D eigenvalue weighted by molar-refractivity contribution is 0.423. The van der Waals surface area contributed by atoms with Crippen molar-refractivity contribution in [2.24, 2.45) is 4.99 Å². The highest BCUT2D eigenvalue weighted by molar-refractivity contribution is 5.61. The Kier molecular flexibility index (Phi) is 2.61. The first-order chi connectivity index (χ1) is 6.33. The van der Waals surface area contributed by atoms with Gasteiger partial charge in [-0.15, -0.1) is 0 Å². The van der Waals surface area contributed by atoms with Crippen LogP contribution in [0.2, 0.25) is 0 Å². The smallest absolute Gasteiger partial charge is 0.182 e. The maximum atomic E-state index is 8.64. The van der Waals surface area contributed by atoms with Gasteiger partial charge in [0, 0.05) is 0 Å². The van der Waals surface area contributed by atoms with Crippen LogP contribution < -0.4 is 0 Å². The molecule has 0 amide bonds. The van der Waals surface area contributed by atoms with Crippen molar-refractivity contribution in [2.45, 2.75) is 0 Å². The maximum absolute atomic E-state index is 8.64. The number of nitriles is 2. The molecule has 0 spiro atoms. The molecule has 0 unspecified atom stereocenters. The normalized spacial score (nSPS) is 9.46. The molecule has 0 radical (unpaired) electrons. The number of H-pyrrole nitrogens is 1. The van der Waals surface area contributed by atoms with E-state index in [1.807, 2.05) is 6.07 Å². The van der Waals surface area contributed by atoms with Gasteiger partial charge in [0.25, 0.3) is 0 Å². The Balaban J connectivity index is 3.12. The van der Waals surface area contributed by atoms with E-state index in [1.54, 1.807) is 6.07 Å².